The van der Waals surface area contributed by atoms with Gasteiger partial charge in [-0.15, -0.1) is 0 Å². The van der Waals surface area contributed by atoms with Crippen molar-refractivity contribution in [1.29, 1.82) is 0 Å². The van der Waals surface area contributed by atoms with Crippen LogP contribution in [0, 0.1) is 13.8 Å². The Morgan fingerprint density at radius 2 is 2.25 bits per heavy atom. The van der Waals surface area contributed by atoms with E-state index in [0.29, 0.717) is 13.0 Å². The number of hydroxylamine groups is 1. The number of aryl methyl sites for hydroxylation is 2. The van der Waals surface area contributed by atoms with E-state index in [0.717, 1.165) is 29.8 Å². The molecule has 1 aromatic heterocycles. The minimum absolute atomic E-state index is 0.135. The zero-order valence-electron chi connectivity index (χ0n) is 10.1. The molecule has 0 spiro atoms. The highest BCUT2D eigenvalue weighted by Gasteiger charge is 2.10. The van der Waals surface area contributed by atoms with Crippen molar-refractivity contribution in [2.45, 2.75) is 40.0 Å². The van der Waals surface area contributed by atoms with Gasteiger partial charge in [0.15, 0.2) is 0 Å². The predicted octanol–water partition coefficient (Wildman–Crippen LogP) is 1.42. The van der Waals surface area contributed by atoms with Crippen molar-refractivity contribution >= 4 is 5.91 Å². The summed E-state index contributed by atoms with van der Waals surface area (Å²) in [6.45, 7) is 6.42. The van der Waals surface area contributed by atoms with E-state index in [2.05, 4.69) is 22.6 Å². The van der Waals surface area contributed by atoms with E-state index in [4.69, 9.17) is 4.84 Å². The number of hydrogen-bond acceptors (Lipinski definition) is 3. The summed E-state index contributed by atoms with van der Waals surface area (Å²) in [6.07, 6.45) is 2.31. The zero-order valence-corrected chi connectivity index (χ0v) is 10.1. The van der Waals surface area contributed by atoms with Crippen molar-refractivity contribution in [3.8, 4) is 0 Å². The molecule has 1 heterocycles. The summed E-state index contributed by atoms with van der Waals surface area (Å²) in [5.41, 5.74) is 5.16. The number of unbranched alkanes of at least 4 members (excludes halogenated alkanes) is 1. The molecule has 5 nitrogen and oxygen atoms in total. The first-order valence-electron chi connectivity index (χ1n) is 5.56. The smallest absolute Gasteiger partial charge is 0.248 e. The monoisotopic (exact) mass is 225 g/mol. The number of H-pyrrole nitrogens is 1. The van der Waals surface area contributed by atoms with E-state index >= 15 is 0 Å². The average molecular weight is 225 g/mol. The molecule has 0 saturated heterocycles. The van der Waals surface area contributed by atoms with Gasteiger partial charge in [0, 0.05) is 11.3 Å². The Morgan fingerprint density at radius 3 is 2.81 bits per heavy atom. The second kappa shape index (κ2) is 6.27. The van der Waals surface area contributed by atoms with Gasteiger partial charge in [-0.3, -0.25) is 14.7 Å². The Hall–Kier alpha value is -1.36. The third-order valence-electron chi connectivity index (χ3n) is 2.40. The molecule has 0 aromatic carbocycles. The molecular weight excluding hydrogens is 206 g/mol. The van der Waals surface area contributed by atoms with Crippen LogP contribution in [0.1, 0.15) is 36.7 Å². The van der Waals surface area contributed by atoms with Crippen LogP contribution in [0.15, 0.2) is 0 Å². The lowest BCUT2D eigenvalue weighted by atomic mass is 10.1. The molecule has 5 heteroatoms. The third-order valence-corrected chi connectivity index (χ3v) is 2.40. The van der Waals surface area contributed by atoms with E-state index in [9.17, 15) is 4.79 Å². The van der Waals surface area contributed by atoms with Crippen molar-refractivity contribution in [2.24, 2.45) is 0 Å². The fourth-order valence-corrected chi connectivity index (χ4v) is 1.38. The maximum Gasteiger partial charge on any atom is 0.248 e. The summed E-state index contributed by atoms with van der Waals surface area (Å²) in [5, 5.41) is 6.88. The molecule has 0 aliphatic carbocycles. The summed E-state index contributed by atoms with van der Waals surface area (Å²) in [7, 11) is 0. The van der Waals surface area contributed by atoms with Crippen LogP contribution in [0.3, 0.4) is 0 Å². The summed E-state index contributed by atoms with van der Waals surface area (Å²) in [4.78, 5) is 16.5. The van der Waals surface area contributed by atoms with E-state index in [1.807, 2.05) is 13.8 Å². The molecule has 0 saturated carbocycles. The summed E-state index contributed by atoms with van der Waals surface area (Å²) >= 11 is 0. The second-order valence-electron chi connectivity index (χ2n) is 3.82. The van der Waals surface area contributed by atoms with Crippen LogP contribution in [0.25, 0.3) is 0 Å². The predicted molar refractivity (Wildman–Crippen MR) is 60.8 cm³/mol. The van der Waals surface area contributed by atoms with Crippen LogP contribution in [-0.2, 0) is 16.1 Å². The first kappa shape index (κ1) is 12.7. The van der Waals surface area contributed by atoms with Crippen molar-refractivity contribution in [3.05, 3.63) is 17.0 Å². The van der Waals surface area contributed by atoms with Crippen molar-refractivity contribution in [2.75, 3.05) is 6.61 Å². The topological polar surface area (TPSA) is 67.0 Å². The van der Waals surface area contributed by atoms with Crippen LogP contribution in [0.5, 0.6) is 0 Å². The standard InChI is InChI=1S/C11H19N3O2/c1-4-5-6-16-14-11(15)7-10-8(2)12-13-9(10)3/h4-7H2,1-3H3,(H,12,13)(H,14,15). The molecular formula is C11H19N3O2. The zero-order chi connectivity index (χ0) is 12.0. The number of nitrogens with zero attached hydrogens (tertiary/aromatic N) is 1. The van der Waals surface area contributed by atoms with Crippen LogP contribution < -0.4 is 5.48 Å². The Balaban J connectivity index is 2.34. The Morgan fingerprint density at radius 1 is 1.50 bits per heavy atom. The van der Waals surface area contributed by atoms with Gasteiger partial charge in [0.2, 0.25) is 5.91 Å². The fourth-order valence-electron chi connectivity index (χ4n) is 1.38. The molecule has 1 amide bonds. The van der Waals surface area contributed by atoms with Crippen LogP contribution in [0.4, 0.5) is 0 Å². The van der Waals surface area contributed by atoms with Crippen LogP contribution >= 0.6 is 0 Å². The molecule has 0 unspecified atom stereocenters. The fraction of sp³-hybridized carbons (Fsp3) is 0.636. The molecule has 2 N–H and O–H groups in total. The van der Waals surface area contributed by atoms with Gasteiger partial charge in [0.25, 0.3) is 0 Å². The molecule has 1 aromatic rings. The van der Waals surface area contributed by atoms with E-state index in [1.54, 1.807) is 0 Å². The number of nitrogens with one attached hydrogen (secondary N) is 2. The van der Waals surface area contributed by atoms with Gasteiger partial charge in [-0.05, 0) is 20.3 Å². The first-order chi connectivity index (χ1) is 7.65. The maximum absolute atomic E-state index is 11.5. The van der Waals surface area contributed by atoms with Crippen molar-refractivity contribution in [3.63, 3.8) is 0 Å². The van der Waals surface area contributed by atoms with Gasteiger partial charge in [-0.25, -0.2) is 5.48 Å². The van der Waals surface area contributed by atoms with Gasteiger partial charge in [0.1, 0.15) is 0 Å². The Labute approximate surface area is 95.5 Å². The lowest BCUT2D eigenvalue weighted by Crippen LogP contribution is -2.26. The van der Waals surface area contributed by atoms with Crippen LogP contribution in [0.2, 0.25) is 0 Å². The molecule has 90 valence electrons. The number of aromatic amines is 1. The lowest BCUT2D eigenvalue weighted by molar-refractivity contribution is -0.132. The van der Waals surface area contributed by atoms with Crippen molar-refractivity contribution < 1.29 is 9.63 Å². The summed E-state index contributed by atoms with van der Waals surface area (Å²) in [5.74, 6) is -0.135. The summed E-state index contributed by atoms with van der Waals surface area (Å²) in [6, 6.07) is 0. The lowest BCUT2D eigenvalue weighted by Gasteiger charge is -2.05. The molecule has 16 heavy (non-hydrogen) atoms. The SMILES string of the molecule is CCCCONC(=O)Cc1c(C)n[nH]c1C. The number of amides is 1. The highest BCUT2D eigenvalue weighted by atomic mass is 16.6. The molecule has 0 bridgehead atoms. The minimum atomic E-state index is -0.135. The van der Waals surface area contributed by atoms with E-state index in [1.165, 1.54) is 0 Å². The second-order valence-corrected chi connectivity index (χ2v) is 3.82. The van der Waals surface area contributed by atoms with Gasteiger partial charge < -0.3 is 0 Å². The highest BCUT2D eigenvalue weighted by molar-refractivity contribution is 5.78. The highest BCUT2D eigenvalue weighted by Crippen LogP contribution is 2.09. The Bertz CT molecular complexity index is 327. The number of carbonyl (C=O) groups is 1. The largest absolute Gasteiger partial charge is 0.282 e. The van der Waals surface area contributed by atoms with Gasteiger partial charge in [-0.2, -0.15) is 5.10 Å². The molecule has 0 atom stereocenters. The third kappa shape index (κ3) is 3.66. The molecule has 0 radical (unpaired) electrons. The minimum Gasteiger partial charge on any atom is -0.282 e. The normalized spacial score (nSPS) is 10.4. The average Bonchev–Trinajstić information content (AvgIpc) is 2.56. The maximum atomic E-state index is 11.5. The summed E-state index contributed by atoms with van der Waals surface area (Å²) < 4.78 is 0. The first-order valence-corrected chi connectivity index (χ1v) is 5.56. The van der Waals surface area contributed by atoms with Gasteiger partial charge >= 0.3 is 0 Å². The van der Waals surface area contributed by atoms with Crippen LogP contribution in [-0.4, -0.2) is 22.7 Å². The molecule has 0 aliphatic rings. The number of rotatable bonds is 6. The molecule has 0 fully saturated rings. The molecule has 0 aliphatic heterocycles. The molecule has 1 rings (SSSR count). The van der Waals surface area contributed by atoms with Gasteiger partial charge in [-0.1, -0.05) is 13.3 Å². The van der Waals surface area contributed by atoms with E-state index in [-0.39, 0.29) is 5.91 Å². The number of carbonyl (C=O) groups excluding carboxylic acids is 1. The quantitative estimate of drug-likeness (QED) is 0.568. The van der Waals surface area contributed by atoms with E-state index < -0.39 is 0 Å². The van der Waals surface area contributed by atoms with Gasteiger partial charge in [0.05, 0.1) is 18.7 Å². The number of aromatic nitrogens is 2. The number of hydrogen-bond donors (Lipinski definition) is 2. The van der Waals surface area contributed by atoms with Crippen molar-refractivity contribution in [1.82, 2.24) is 15.7 Å². The Kier molecular flexibility index (Phi) is 4.98.